The van der Waals surface area contributed by atoms with E-state index in [1.165, 1.54) is 12.2 Å². The Hall–Kier alpha value is -4.21. The van der Waals surface area contributed by atoms with Gasteiger partial charge in [0.2, 0.25) is 10.0 Å². The van der Waals surface area contributed by atoms with Crippen molar-refractivity contribution in [1.29, 1.82) is 0 Å². The number of rotatable bonds is 15. The Morgan fingerprint density at radius 2 is 1.80 bits per heavy atom. The number of hydrazine groups is 1. The molecule has 3 aliphatic rings. The summed E-state index contributed by atoms with van der Waals surface area (Å²) < 4.78 is 59.6. The lowest BCUT2D eigenvalue weighted by molar-refractivity contribution is -0.298. The van der Waals surface area contributed by atoms with Gasteiger partial charge in [0.15, 0.2) is 5.70 Å². The lowest BCUT2D eigenvalue weighted by Crippen LogP contribution is -2.51. The molecule has 2 aromatic carbocycles. The molecule has 12 nitrogen and oxygen atoms in total. The SMILES string of the molecule is COc1cccc(OC)c1-c1ccc(S(=O)(=O)NCCN2CCC(CN(N)/C=C(\[NH3+])C3=C(C(=O)OCC(C)C)NC4CC=C(F)C=C34)CC2)cc1. The average molecular weight is 726 g/mol. The Labute approximate surface area is 300 Å². The molecule has 0 amide bonds. The predicted molar refractivity (Wildman–Crippen MR) is 193 cm³/mol. The van der Waals surface area contributed by atoms with E-state index in [-0.39, 0.29) is 41.5 Å². The van der Waals surface area contributed by atoms with Crippen molar-refractivity contribution in [3.05, 3.63) is 89.2 Å². The Balaban J connectivity index is 1.12. The summed E-state index contributed by atoms with van der Waals surface area (Å²) in [6.07, 6.45) is 6.81. The van der Waals surface area contributed by atoms with Crippen molar-refractivity contribution in [2.75, 3.05) is 53.6 Å². The van der Waals surface area contributed by atoms with Crippen LogP contribution in [0.25, 0.3) is 11.1 Å². The molecule has 0 saturated carbocycles. The van der Waals surface area contributed by atoms with Gasteiger partial charge in [0.1, 0.15) is 23.0 Å². The van der Waals surface area contributed by atoms with Crippen LogP contribution in [0.2, 0.25) is 0 Å². The van der Waals surface area contributed by atoms with Gasteiger partial charge in [-0.2, -0.15) is 0 Å². The van der Waals surface area contributed by atoms with Gasteiger partial charge >= 0.3 is 5.97 Å². The number of carbonyl (C=O) groups excluding carboxylic acids is 1. The van der Waals surface area contributed by atoms with E-state index in [2.05, 4.69) is 20.7 Å². The van der Waals surface area contributed by atoms with E-state index in [0.29, 0.717) is 53.8 Å². The zero-order chi connectivity index (χ0) is 36.7. The summed E-state index contributed by atoms with van der Waals surface area (Å²) in [4.78, 5) is 15.4. The van der Waals surface area contributed by atoms with E-state index in [9.17, 15) is 17.6 Å². The second-order valence-electron chi connectivity index (χ2n) is 13.5. The Morgan fingerprint density at radius 1 is 1.14 bits per heavy atom. The molecule has 0 spiro atoms. The number of nitrogens with one attached hydrogen (secondary N) is 2. The molecular weight excluding hydrogens is 676 g/mol. The minimum absolute atomic E-state index is 0.171. The molecule has 0 bridgehead atoms. The summed E-state index contributed by atoms with van der Waals surface area (Å²) >= 11 is 0. The third-order valence-electron chi connectivity index (χ3n) is 9.25. The van der Waals surface area contributed by atoms with Crippen LogP contribution in [0, 0.1) is 11.8 Å². The molecule has 2 heterocycles. The molecule has 0 radical (unpaired) electrons. The smallest absolute Gasteiger partial charge is 0.355 e. The molecule has 1 aliphatic carbocycles. The van der Waals surface area contributed by atoms with Gasteiger partial charge in [-0.25, -0.2) is 28.2 Å². The molecule has 276 valence electrons. The molecule has 1 unspecified atom stereocenters. The predicted octanol–water partition coefficient (Wildman–Crippen LogP) is 3.23. The molecule has 2 aromatic rings. The topological polar surface area (TPSA) is 163 Å². The van der Waals surface area contributed by atoms with Gasteiger partial charge in [0, 0.05) is 19.6 Å². The number of hydrogen-bond acceptors (Lipinski definition) is 10. The number of halogens is 1. The van der Waals surface area contributed by atoms with Gasteiger partial charge < -0.3 is 35.2 Å². The Bertz CT molecular complexity index is 1780. The standard InChI is InChI=1S/C37H49FN6O6S/c1-24(2)23-50-37(45)36-35(29-20-27(38)10-13-31(29)42-36)30(39)22-44(40)21-25-14-17-43(18-15-25)19-16-41-51(46,47)28-11-8-26(9-12-28)34-32(48-3)6-5-7-33(34)49-4/h5-12,20,22,24-25,31,41-42H,13-19,21,23,39-40H2,1-4H3/p+1/b30-22-. The van der Waals surface area contributed by atoms with Crippen molar-refractivity contribution in [2.45, 2.75) is 44.0 Å². The highest BCUT2D eigenvalue weighted by atomic mass is 32.2. The largest absolute Gasteiger partial charge is 0.496 e. The van der Waals surface area contributed by atoms with Crippen LogP contribution >= 0.6 is 0 Å². The zero-order valence-corrected chi connectivity index (χ0v) is 30.6. The number of allylic oxidation sites excluding steroid dienone is 3. The second-order valence-corrected chi connectivity index (χ2v) is 15.2. The monoisotopic (exact) mass is 725 g/mol. The molecule has 1 saturated heterocycles. The minimum atomic E-state index is -3.70. The maximum absolute atomic E-state index is 14.3. The summed E-state index contributed by atoms with van der Waals surface area (Å²) in [5.41, 5.74) is 7.70. The van der Waals surface area contributed by atoms with Crippen LogP contribution in [0.4, 0.5) is 4.39 Å². The molecule has 5 rings (SSSR count). The summed E-state index contributed by atoms with van der Waals surface area (Å²) in [6.45, 7) is 7.23. The highest BCUT2D eigenvalue weighted by Crippen LogP contribution is 2.39. The third-order valence-corrected chi connectivity index (χ3v) is 10.7. The third kappa shape index (κ3) is 9.37. The number of esters is 1. The van der Waals surface area contributed by atoms with Gasteiger partial charge in [0.05, 0.1) is 49.1 Å². The van der Waals surface area contributed by atoms with E-state index in [1.54, 1.807) is 49.7 Å². The normalized spacial score (nSPS) is 18.6. The summed E-state index contributed by atoms with van der Waals surface area (Å²) in [7, 11) is -0.541. The highest BCUT2D eigenvalue weighted by molar-refractivity contribution is 7.89. The van der Waals surface area contributed by atoms with Crippen LogP contribution in [0.5, 0.6) is 11.5 Å². The van der Waals surface area contributed by atoms with E-state index >= 15 is 0 Å². The van der Waals surface area contributed by atoms with Crippen molar-refractivity contribution < 1.29 is 37.5 Å². The van der Waals surface area contributed by atoms with Gasteiger partial charge in [-0.15, -0.1) is 0 Å². The first kappa shape index (κ1) is 38.0. The number of hydrogen-bond donors (Lipinski definition) is 4. The van der Waals surface area contributed by atoms with Crippen molar-refractivity contribution in [3.63, 3.8) is 0 Å². The van der Waals surface area contributed by atoms with E-state index in [0.717, 1.165) is 37.1 Å². The van der Waals surface area contributed by atoms with Crippen LogP contribution in [0.3, 0.4) is 0 Å². The lowest BCUT2D eigenvalue weighted by Gasteiger charge is -2.33. The molecule has 1 atom stereocenters. The minimum Gasteiger partial charge on any atom is -0.496 e. The van der Waals surface area contributed by atoms with Gasteiger partial charge in [-0.05, 0) is 91.7 Å². The highest BCUT2D eigenvalue weighted by Gasteiger charge is 2.37. The number of benzene rings is 2. The quantitative estimate of drug-likeness (QED) is 0.122. The molecule has 14 heteroatoms. The number of quaternary nitrogens is 1. The fourth-order valence-electron chi connectivity index (χ4n) is 6.63. The fourth-order valence-corrected chi connectivity index (χ4v) is 7.65. The van der Waals surface area contributed by atoms with Crippen molar-refractivity contribution in [3.8, 4) is 22.6 Å². The first-order chi connectivity index (χ1) is 24.4. The molecule has 7 N–H and O–H groups in total. The maximum Gasteiger partial charge on any atom is 0.355 e. The van der Waals surface area contributed by atoms with E-state index in [4.69, 9.17) is 20.1 Å². The molecular formula is C37H50FN6O6S+. The number of carbonyl (C=O) groups is 1. The zero-order valence-electron chi connectivity index (χ0n) is 29.8. The number of nitrogens with two attached hydrogens (primary N) is 1. The van der Waals surface area contributed by atoms with Crippen LogP contribution in [0.15, 0.2) is 94.1 Å². The number of likely N-dealkylation sites (tertiary alicyclic amines) is 1. The second kappa shape index (κ2) is 16.9. The van der Waals surface area contributed by atoms with Crippen molar-refractivity contribution in [2.24, 2.45) is 17.7 Å². The van der Waals surface area contributed by atoms with Crippen molar-refractivity contribution in [1.82, 2.24) is 19.9 Å². The van der Waals surface area contributed by atoms with Crippen LogP contribution in [-0.4, -0.2) is 83.9 Å². The lowest BCUT2D eigenvalue weighted by atomic mass is 9.93. The maximum atomic E-state index is 14.3. The number of ether oxygens (including phenoxy) is 3. The molecule has 0 aromatic heterocycles. The first-order valence-electron chi connectivity index (χ1n) is 17.2. The molecule has 51 heavy (non-hydrogen) atoms. The first-order valence-corrected chi connectivity index (χ1v) is 18.7. The van der Waals surface area contributed by atoms with Gasteiger partial charge in [-0.1, -0.05) is 32.0 Å². The fraction of sp³-hybridized carbons (Fsp3) is 0.432. The van der Waals surface area contributed by atoms with Gasteiger partial charge in [-0.3, -0.25) is 0 Å². The molecule has 1 fully saturated rings. The summed E-state index contributed by atoms with van der Waals surface area (Å²) in [5.74, 6) is 7.33. The number of sulfonamides is 1. The van der Waals surface area contributed by atoms with Crippen molar-refractivity contribution >= 4 is 16.0 Å². The number of fused-ring (bicyclic) bond motifs is 1. The summed E-state index contributed by atoms with van der Waals surface area (Å²) in [6, 6.07) is 11.9. The summed E-state index contributed by atoms with van der Waals surface area (Å²) in [5, 5.41) is 4.79. The number of nitrogens with zero attached hydrogens (tertiary/aromatic N) is 2. The Morgan fingerprint density at radius 3 is 2.43 bits per heavy atom. The van der Waals surface area contributed by atoms with Crippen LogP contribution in [-0.2, 0) is 19.6 Å². The van der Waals surface area contributed by atoms with E-state index in [1.807, 2.05) is 32.0 Å². The Kier molecular flexibility index (Phi) is 12.6. The molecule has 2 aliphatic heterocycles. The number of piperidine rings is 1. The number of methoxy groups -OCH3 is 2. The van der Waals surface area contributed by atoms with Crippen LogP contribution in [0.1, 0.15) is 33.1 Å². The van der Waals surface area contributed by atoms with Gasteiger partial charge in [0.25, 0.3) is 0 Å². The van der Waals surface area contributed by atoms with E-state index < -0.39 is 16.0 Å². The van der Waals surface area contributed by atoms with Crippen LogP contribution < -0.4 is 31.1 Å². The average Bonchev–Trinajstić information content (AvgIpc) is 3.49.